The van der Waals surface area contributed by atoms with Gasteiger partial charge in [0, 0.05) is 12.2 Å². The van der Waals surface area contributed by atoms with Crippen molar-refractivity contribution in [3.05, 3.63) is 70.8 Å². The first kappa shape index (κ1) is 13.4. The number of nitrogen functional groups attached to an aromatic ring is 1. The van der Waals surface area contributed by atoms with Gasteiger partial charge in [0.05, 0.1) is 17.2 Å². The second-order valence-corrected chi connectivity index (χ2v) is 5.11. The van der Waals surface area contributed by atoms with Crippen molar-refractivity contribution in [1.82, 2.24) is 9.55 Å². The number of aryl methyl sites for hydroxylation is 2. The summed E-state index contributed by atoms with van der Waals surface area (Å²) in [6.45, 7) is 0.658. The van der Waals surface area contributed by atoms with Gasteiger partial charge in [-0.2, -0.15) is 0 Å². The van der Waals surface area contributed by atoms with Crippen LogP contribution in [0.5, 0.6) is 0 Å². The van der Waals surface area contributed by atoms with Crippen LogP contribution in [0.25, 0.3) is 10.9 Å². The van der Waals surface area contributed by atoms with Crippen molar-refractivity contribution >= 4 is 16.6 Å². The molecule has 0 fully saturated rings. The maximum atomic E-state index is 12.4. The highest BCUT2D eigenvalue weighted by Gasteiger charge is 2.04. The predicted octanol–water partition coefficient (Wildman–Crippen LogP) is 2.61. The molecule has 4 heteroatoms. The zero-order valence-corrected chi connectivity index (χ0v) is 11.7. The highest BCUT2D eigenvalue weighted by molar-refractivity contribution is 5.80. The van der Waals surface area contributed by atoms with E-state index in [2.05, 4.69) is 17.1 Å². The fourth-order valence-electron chi connectivity index (χ4n) is 2.43. The van der Waals surface area contributed by atoms with Gasteiger partial charge in [-0.25, -0.2) is 4.98 Å². The van der Waals surface area contributed by atoms with Crippen LogP contribution in [0.3, 0.4) is 0 Å². The van der Waals surface area contributed by atoms with Crippen LogP contribution in [-0.2, 0) is 13.0 Å². The molecule has 0 aliphatic carbocycles. The predicted molar refractivity (Wildman–Crippen MR) is 85.2 cm³/mol. The van der Waals surface area contributed by atoms with Gasteiger partial charge in [-0.1, -0.05) is 30.3 Å². The lowest BCUT2D eigenvalue weighted by Gasteiger charge is -2.07. The number of rotatable bonds is 4. The molecule has 0 amide bonds. The highest BCUT2D eigenvalue weighted by Crippen LogP contribution is 2.11. The second kappa shape index (κ2) is 5.79. The van der Waals surface area contributed by atoms with E-state index in [0.29, 0.717) is 23.1 Å². The van der Waals surface area contributed by atoms with Crippen LogP contribution in [0, 0.1) is 0 Å². The molecule has 3 aromatic rings. The summed E-state index contributed by atoms with van der Waals surface area (Å²) in [6, 6.07) is 15.5. The van der Waals surface area contributed by atoms with Crippen molar-refractivity contribution < 1.29 is 0 Å². The number of hydrogen-bond acceptors (Lipinski definition) is 3. The molecular weight excluding hydrogens is 262 g/mol. The Balaban J connectivity index is 1.78. The Hall–Kier alpha value is -2.62. The Morgan fingerprint density at radius 2 is 1.90 bits per heavy atom. The molecule has 21 heavy (non-hydrogen) atoms. The van der Waals surface area contributed by atoms with Gasteiger partial charge in [0.25, 0.3) is 5.56 Å². The van der Waals surface area contributed by atoms with Crippen molar-refractivity contribution in [2.24, 2.45) is 0 Å². The molecular formula is C17H17N3O. The molecule has 4 nitrogen and oxygen atoms in total. The fourth-order valence-corrected chi connectivity index (χ4v) is 2.43. The minimum atomic E-state index is -0.0274. The zero-order chi connectivity index (χ0) is 14.7. The molecule has 0 saturated carbocycles. The van der Waals surface area contributed by atoms with Crippen LogP contribution < -0.4 is 11.3 Å². The summed E-state index contributed by atoms with van der Waals surface area (Å²) < 4.78 is 1.66. The number of nitrogens with zero attached hydrogens (tertiary/aromatic N) is 2. The minimum absolute atomic E-state index is 0.0274. The fraction of sp³-hybridized carbons (Fsp3) is 0.176. The molecule has 106 valence electrons. The Morgan fingerprint density at radius 1 is 1.10 bits per heavy atom. The minimum Gasteiger partial charge on any atom is -0.399 e. The molecule has 1 heterocycles. The molecule has 2 N–H and O–H groups in total. The van der Waals surface area contributed by atoms with E-state index in [1.807, 2.05) is 18.2 Å². The van der Waals surface area contributed by atoms with Gasteiger partial charge in [-0.3, -0.25) is 9.36 Å². The average molecular weight is 279 g/mol. The number of nitrogens with two attached hydrogens (primary N) is 1. The highest BCUT2D eigenvalue weighted by atomic mass is 16.1. The second-order valence-electron chi connectivity index (χ2n) is 5.11. The summed E-state index contributed by atoms with van der Waals surface area (Å²) >= 11 is 0. The molecule has 1 aromatic heterocycles. The topological polar surface area (TPSA) is 60.9 Å². The summed E-state index contributed by atoms with van der Waals surface area (Å²) in [4.78, 5) is 16.7. The number of fused-ring (bicyclic) bond motifs is 1. The number of anilines is 1. The Morgan fingerprint density at radius 3 is 2.71 bits per heavy atom. The molecule has 3 rings (SSSR count). The first-order valence-electron chi connectivity index (χ1n) is 7.02. The maximum Gasteiger partial charge on any atom is 0.261 e. The smallest absolute Gasteiger partial charge is 0.261 e. The van der Waals surface area contributed by atoms with Crippen LogP contribution in [0.1, 0.15) is 12.0 Å². The van der Waals surface area contributed by atoms with Crippen LogP contribution in [0.15, 0.2) is 59.7 Å². The molecule has 0 radical (unpaired) electrons. The monoisotopic (exact) mass is 279 g/mol. The van der Waals surface area contributed by atoms with Crippen molar-refractivity contribution in [1.29, 1.82) is 0 Å². The Bertz CT molecular complexity index is 809. The standard InChI is InChI=1S/C17H17N3O/c18-14-8-9-16-15(11-14)17(21)20(12-19-16)10-4-7-13-5-2-1-3-6-13/h1-3,5-6,8-9,11-12H,4,7,10,18H2. The maximum absolute atomic E-state index is 12.4. The van der Waals surface area contributed by atoms with Crippen molar-refractivity contribution in [3.63, 3.8) is 0 Å². The molecule has 0 spiro atoms. The molecule has 0 aliphatic rings. The summed E-state index contributed by atoms with van der Waals surface area (Å²) in [5, 5.41) is 0.581. The van der Waals surface area contributed by atoms with Gasteiger partial charge in [0.2, 0.25) is 0 Å². The third-order valence-corrected chi connectivity index (χ3v) is 3.56. The summed E-state index contributed by atoms with van der Waals surface area (Å²) in [5.41, 5.74) is 8.27. The summed E-state index contributed by atoms with van der Waals surface area (Å²) in [5.74, 6) is 0. The largest absolute Gasteiger partial charge is 0.399 e. The summed E-state index contributed by atoms with van der Waals surface area (Å²) in [6.07, 6.45) is 3.47. The van der Waals surface area contributed by atoms with E-state index in [9.17, 15) is 4.79 Å². The number of benzene rings is 2. The van der Waals surface area contributed by atoms with E-state index < -0.39 is 0 Å². The van der Waals surface area contributed by atoms with Gasteiger partial charge in [0.1, 0.15) is 0 Å². The molecule has 0 saturated heterocycles. The van der Waals surface area contributed by atoms with E-state index in [1.165, 1.54) is 5.56 Å². The molecule has 2 aromatic carbocycles. The first-order chi connectivity index (χ1) is 10.2. The number of hydrogen-bond donors (Lipinski definition) is 1. The average Bonchev–Trinajstić information content (AvgIpc) is 2.51. The van der Waals surface area contributed by atoms with Crippen molar-refractivity contribution in [2.75, 3.05) is 5.73 Å². The van der Waals surface area contributed by atoms with E-state index in [0.717, 1.165) is 12.8 Å². The van der Waals surface area contributed by atoms with E-state index in [1.54, 1.807) is 29.1 Å². The van der Waals surface area contributed by atoms with Gasteiger partial charge in [0.15, 0.2) is 0 Å². The van der Waals surface area contributed by atoms with Crippen LogP contribution in [0.2, 0.25) is 0 Å². The molecule has 0 aliphatic heterocycles. The third-order valence-electron chi connectivity index (χ3n) is 3.56. The quantitative estimate of drug-likeness (QED) is 0.747. The van der Waals surface area contributed by atoms with Crippen LogP contribution in [-0.4, -0.2) is 9.55 Å². The van der Waals surface area contributed by atoms with Crippen LogP contribution in [0.4, 0.5) is 5.69 Å². The Kier molecular flexibility index (Phi) is 3.69. The normalized spacial score (nSPS) is 10.9. The Labute approximate surface area is 122 Å². The molecule has 0 atom stereocenters. The van der Waals surface area contributed by atoms with Gasteiger partial charge in [-0.05, 0) is 36.6 Å². The van der Waals surface area contributed by atoms with Gasteiger partial charge >= 0.3 is 0 Å². The zero-order valence-electron chi connectivity index (χ0n) is 11.7. The third kappa shape index (κ3) is 2.94. The SMILES string of the molecule is Nc1ccc2ncn(CCCc3ccccc3)c(=O)c2c1. The van der Waals surface area contributed by atoms with Crippen molar-refractivity contribution in [3.8, 4) is 0 Å². The molecule has 0 bridgehead atoms. The number of aromatic nitrogens is 2. The molecule has 0 unspecified atom stereocenters. The first-order valence-corrected chi connectivity index (χ1v) is 7.02. The van der Waals surface area contributed by atoms with E-state index >= 15 is 0 Å². The van der Waals surface area contributed by atoms with Crippen molar-refractivity contribution in [2.45, 2.75) is 19.4 Å². The van der Waals surface area contributed by atoms with Gasteiger partial charge in [-0.15, -0.1) is 0 Å². The van der Waals surface area contributed by atoms with Crippen LogP contribution >= 0.6 is 0 Å². The lowest BCUT2D eigenvalue weighted by atomic mass is 10.1. The van der Waals surface area contributed by atoms with Gasteiger partial charge < -0.3 is 5.73 Å². The lowest BCUT2D eigenvalue weighted by molar-refractivity contribution is 0.617. The summed E-state index contributed by atoms with van der Waals surface area (Å²) in [7, 11) is 0. The lowest BCUT2D eigenvalue weighted by Crippen LogP contribution is -2.21. The van der Waals surface area contributed by atoms with E-state index in [-0.39, 0.29) is 5.56 Å². The van der Waals surface area contributed by atoms with E-state index in [4.69, 9.17) is 5.73 Å².